The second-order valence-corrected chi connectivity index (χ2v) is 5.52. The molecule has 1 aliphatic heterocycles. The topological polar surface area (TPSA) is 15.3 Å². The van der Waals surface area contributed by atoms with Crippen LogP contribution in [0.5, 0.6) is 0 Å². The van der Waals surface area contributed by atoms with Crippen molar-refractivity contribution in [2.24, 2.45) is 0 Å². The van der Waals surface area contributed by atoms with Crippen LogP contribution in [0, 0.1) is 13.8 Å². The Hall–Kier alpha value is -0.860. The Morgan fingerprint density at radius 3 is 2.59 bits per heavy atom. The zero-order chi connectivity index (χ0) is 12.5. The number of aryl methyl sites for hydroxylation is 2. The Balaban J connectivity index is 2.48. The van der Waals surface area contributed by atoms with Gasteiger partial charge in [0, 0.05) is 6.54 Å². The van der Waals surface area contributed by atoms with Crippen LogP contribution in [0.25, 0.3) is 0 Å². The van der Waals surface area contributed by atoms with Gasteiger partial charge in [-0.2, -0.15) is 0 Å². The molecule has 0 aromatic heterocycles. The van der Waals surface area contributed by atoms with Crippen molar-refractivity contribution in [3.05, 3.63) is 34.9 Å². The summed E-state index contributed by atoms with van der Waals surface area (Å²) in [5, 5.41) is 3.56. The number of rotatable bonds is 2. The van der Waals surface area contributed by atoms with E-state index in [9.17, 15) is 0 Å². The highest BCUT2D eigenvalue weighted by molar-refractivity contribution is 5.37. The van der Waals surface area contributed by atoms with Gasteiger partial charge in [-0.1, -0.05) is 23.8 Å². The van der Waals surface area contributed by atoms with Gasteiger partial charge in [0.2, 0.25) is 0 Å². The Bertz CT molecular complexity index is 390. The van der Waals surface area contributed by atoms with Gasteiger partial charge in [-0.25, -0.2) is 0 Å². The molecule has 1 heterocycles. The molecule has 0 spiro atoms. The Kier molecular flexibility index (Phi) is 3.55. The van der Waals surface area contributed by atoms with E-state index in [-0.39, 0.29) is 5.54 Å². The first kappa shape index (κ1) is 12.6. The van der Waals surface area contributed by atoms with Crippen LogP contribution in [0.15, 0.2) is 18.2 Å². The molecule has 1 atom stereocenters. The molecule has 1 aromatic carbocycles. The Morgan fingerprint density at radius 1 is 1.24 bits per heavy atom. The number of likely N-dealkylation sites (N-methyl/N-ethyl adjacent to an activating group) is 1. The summed E-state index contributed by atoms with van der Waals surface area (Å²) >= 11 is 0. The van der Waals surface area contributed by atoms with Gasteiger partial charge in [0.1, 0.15) is 0 Å². The molecule has 0 saturated carbocycles. The number of piperidine rings is 1. The minimum atomic E-state index is 0.175. The van der Waals surface area contributed by atoms with E-state index < -0.39 is 0 Å². The van der Waals surface area contributed by atoms with E-state index >= 15 is 0 Å². The first-order chi connectivity index (χ1) is 8.06. The highest BCUT2D eigenvalue weighted by Crippen LogP contribution is 2.35. The van der Waals surface area contributed by atoms with Gasteiger partial charge in [-0.05, 0) is 58.5 Å². The number of benzene rings is 1. The van der Waals surface area contributed by atoms with E-state index in [1.165, 1.54) is 29.5 Å². The van der Waals surface area contributed by atoms with Crippen molar-refractivity contribution in [3.63, 3.8) is 0 Å². The molecular formula is C15H24N2. The smallest absolute Gasteiger partial charge is 0.0584 e. The van der Waals surface area contributed by atoms with Gasteiger partial charge in [-0.3, -0.25) is 4.90 Å². The van der Waals surface area contributed by atoms with E-state index in [0.29, 0.717) is 0 Å². The summed E-state index contributed by atoms with van der Waals surface area (Å²) in [5.41, 5.74) is 4.44. The van der Waals surface area contributed by atoms with E-state index in [2.05, 4.69) is 56.4 Å². The molecule has 1 unspecified atom stereocenters. The lowest BCUT2D eigenvalue weighted by molar-refractivity contribution is 0.112. The maximum Gasteiger partial charge on any atom is 0.0584 e. The summed E-state index contributed by atoms with van der Waals surface area (Å²) in [4.78, 5) is 2.39. The van der Waals surface area contributed by atoms with Crippen molar-refractivity contribution >= 4 is 0 Å². The lowest BCUT2D eigenvalue weighted by atomic mass is 9.79. The van der Waals surface area contributed by atoms with E-state index in [0.717, 1.165) is 13.1 Å². The second kappa shape index (κ2) is 4.79. The summed E-state index contributed by atoms with van der Waals surface area (Å²) in [6.45, 7) is 6.63. The van der Waals surface area contributed by atoms with Crippen molar-refractivity contribution in [3.8, 4) is 0 Å². The number of hydrogen-bond acceptors (Lipinski definition) is 2. The number of nitrogens with one attached hydrogen (secondary N) is 1. The fourth-order valence-corrected chi connectivity index (χ4v) is 2.98. The molecule has 0 bridgehead atoms. The van der Waals surface area contributed by atoms with E-state index in [4.69, 9.17) is 0 Å². The number of nitrogens with zero attached hydrogens (tertiary/aromatic N) is 1. The minimum Gasteiger partial charge on any atom is -0.315 e. The molecule has 1 aliphatic rings. The van der Waals surface area contributed by atoms with Gasteiger partial charge in [-0.15, -0.1) is 0 Å². The zero-order valence-corrected chi connectivity index (χ0v) is 11.5. The molecule has 2 rings (SSSR count). The van der Waals surface area contributed by atoms with Crippen LogP contribution >= 0.6 is 0 Å². The average molecular weight is 232 g/mol. The van der Waals surface area contributed by atoms with Gasteiger partial charge in [0.15, 0.2) is 0 Å². The fraction of sp³-hybridized carbons (Fsp3) is 0.600. The lowest BCUT2D eigenvalue weighted by Crippen LogP contribution is -2.52. The van der Waals surface area contributed by atoms with Crippen molar-refractivity contribution in [1.82, 2.24) is 10.2 Å². The third-order valence-electron chi connectivity index (χ3n) is 4.11. The SMILES string of the molecule is Cc1ccc(C)c(C2(N(C)C)CCCNC2)c1. The second-order valence-electron chi connectivity index (χ2n) is 5.52. The summed E-state index contributed by atoms with van der Waals surface area (Å²) < 4.78 is 0. The van der Waals surface area contributed by atoms with Crippen LogP contribution in [-0.2, 0) is 5.54 Å². The predicted octanol–water partition coefficient (Wildman–Crippen LogP) is 2.44. The molecule has 1 fully saturated rings. The molecule has 0 radical (unpaired) electrons. The summed E-state index contributed by atoms with van der Waals surface area (Å²) in [6, 6.07) is 6.82. The highest BCUT2D eigenvalue weighted by atomic mass is 15.2. The van der Waals surface area contributed by atoms with Crippen LogP contribution in [0.3, 0.4) is 0 Å². The molecule has 1 aromatic rings. The normalized spacial score (nSPS) is 25.2. The standard InChI is InChI=1S/C15H24N2/c1-12-6-7-13(2)14(10-12)15(17(3)4)8-5-9-16-11-15/h6-7,10,16H,5,8-9,11H2,1-4H3. The molecule has 17 heavy (non-hydrogen) atoms. The molecule has 1 saturated heterocycles. The molecule has 0 aliphatic carbocycles. The third-order valence-corrected chi connectivity index (χ3v) is 4.11. The first-order valence-corrected chi connectivity index (χ1v) is 6.52. The van der Waals surface area contributed by atoms with Crippen LogP contribution in [0.2, 0.25) is 0 Å². The summed E-state index contributed by atoms with van der Waals surface area (Å²) in [6.07, 6.45) is 2.50. The lowest BCUT2D eigenvalue weighted by Gasteiger charge is -2.44. The Morgan fingerprint density at radius 2 is 2.00 bits per heavy atom. The largest absolute Gasteiger partial charge is 0.315 e. The number of hydrogen-bond donors (Lipinski definition) is 1. The van der Waals surface area contributed by atoms with Crippen LogP contribution in [0.1, 0.15) is 29.5 Å². The first-order valence-electron chi connectivity index (χ1n) is 6.52. The molecule has 1 N–H and O–H groups in total. The van der Waals surface area contributed by atoms with Gasteiger partial charge < -0.3 is 5.32 Å². The average Bonchev–Trinajstić information content (AvgIpc) is 2.33. The summed E-state index contributed by atoms with van der Waals surface area (Å²) in [7, 11) is 4.41. The molecular weight excluding hydrogens is 208 g/mol. The Labute approximate surface area is 105 Å². The maximum absolute atomic E-state index is 3.56. The highest BCUT2D eigenvalue weighted by Gasteiger charge is 2.37. The van der Waals surface area contributed by atoms with E-state index in [1.54, 1.807) is 0 Å². The van der Waals surface area contributed by atoms with Gasteiger partial charge in [0.25, 0.3) is 0 Å². The fourth-order valence-electron chi connectivity index (χ4n) is 2.98. The van der Waals surface area contributed by atoms with Crippen molar-refractivity contribution < 1.29 is 0 Å². The zero-order valence-electron chi connectivity index (χ0n) is 11.5. The third kappa shape index (κ3) is 2.24. The van der Waals surface area contributed by atoms with Gasteiger partial charge in [0.05, 0.1) is 5.54 Å². The molecule has 94 valence electrons. The maximum atomic E-state index is 3.56. The molecule has 2 heteroatoms. The van der Waals surface area contributed by atoms with Crippen molar-refractivity contribution in [2.75, 3.05) is 27.2 Å². The van der Waals surface area contributed by atoms with E-state index in [1.807, 2.05) is 0 Å². The quantitative estimate of drug-likeness (QED) is 0.842. The molecule has 0 amide bonds. The van der Waals surface area contributed by atoms with Gasteiger partial charge >= 0.3 is 0 Å². The van der Waals surface area contributed by atoms with Crippen LogP contribution in [0.4, 0.5) is 0 Å². The minimum absolute atomic E-state index is 0.175. The molecule has 2 nitrogen and oxygen atoms in total. The van der Waals surface area contributed by atoms with Crippen LogP contribution < -0.4 is 5.32 Å². The van der Waals surface area contributed by atoms with Crippen molar-refractivity contribution in [1.29, 1.82) is 0 Å². The van der Waals surface area contributed by atoms with Crippen molar-refractivity contribution in [2.45, 2.75) is 32.2 Å². The summed E-state index contributed by atoms with van der Waals surface area (Å²) in [5.74, 6) is 0. The monoisotopic (exact) mass is 232 g/mol. The predicted molar refractivity (Wildman–Crippen MR) is 73.4 cm³/mol. The van der Waals surface area contributed by atoms with Crippen LogP contribution in [-0.4, -0.2) is 32.1 Å².